The third kappa shape index (κ3) is 3.97. The number of rotatable bonds is 2. The smallest absolute Gasteiger partial charge is 0.255 e. The second kappa shape index (κ2) is 7.46. The van der Waals surface area contributed by atoms with Crippen LogP contribution in [0.2, 0.25) is 10.0 Å². The number of amides is 2. The SMILES string of the molecule is Cc1cccc(C(=O)N2CCN(C(=O)c3ccc(Cl)cc3Cl)CC2)c1. The van der Waals surface area contributed by atoms with Crippen molar-refractivity contribution < 1.29 is 9.59 Å². The van der Waals surface area contributed by atoms with E-state index in [2.05, 4.69) is 0 Å². The van der Waals surface area contributed by atoms with E-state index in [1.807, 2.05) is 31.2 Å². The molecule has 2 amide bonds. The number of benzene rings is 2. The maximum Gasteiger partial charge on any atom is 0.255 e. The van der Waals surface area contributed by atoms with Crippen LogP contribution in [0.5, 0.6) is 0 Å². The highest BCUT2D eigenvalue weighted by molar-refractivity contribution is 6.36. The Balaban J connectivity index is 1.65. The molecule has 1 fully saturated rings. The van der Waals surface area contributed by atoms with Crippen molar-refractivity contribution in [2.24, 2.45) is 0 Å². The molecule has 6 heteroatoms. The minimum atomic E-state index is -0.135. The van der Waals surface area contributed by atoms with E-state index in [1.165, 1.54) is 0 Å². The van der Waals surface area contributed by atoms with Crippen molar-refractivity contribution >= 4 is 35.0 Å². The Hall–Kier alpha value is -2.04. The summed E-state index contributed by atoms with van der Waals surface area (Å²) in [5.74, 6) is -0.135. The topological polar surface area (TPSA) is 40.6 Å². The fourth-order valence-electron chi connectivity index (χ4n) is 2.91. The van der Waals surface area contributed by atoms with Crippen molar-refractivity contribution in [2.75, 3.05) is 26.2 Å². The van der Waals surface area contributed by atoms with Gasteiger partial charge in [-0.2, -0.15) is 0 Å². The first-order valence-electron chi connectivity index (χ1n) is 8.06. The molecule has 0 N–H and O–H groups in total. The number of halogens is 2. The lowest BCUT2D eigenvalue weighted by molar-refractivity contribution is 0.0535. The van der Waals surface area contributed by atoms with Gasteiger partial charge in [0.15, 0.2) is 0 Å². The van der Waals surface area contributed by atoms with Crippen LogP contribution in [0.4, 0.5) is 0 Å². The lowest BCUT2D eigenvalue weighted by atomic mass is 10.1. The van der Waals surface area contributed by atoms with E-state index >= 15 is 0 Å². The van der Waals surface area contributed by atoms with E-state index in [9.17, 15) is 9.59 Å². The number of carbonyl (C=O) groups is 2. The average Bonchev–Trinajstić information content (AvgIpc) is 2.61. The quantitative estimate of drug-likeness (QED) is 0.797. The van der Waals surface area contributed by atoms with Crippen molar-refractivity contribution in [1.82, 2.24) is 9.80 Å². The Kier molecular flexibility index (Phi) is 5.30. The molecule has 1 aliphatic heterocycles. The average molecular weight is 377 g/mol. The lowest BCUT2D eigenvalue weighted by Crippen LogP contribution is -2.50. The Bertz CT molecular complexity index is 815. The molecule has 0 unspecified atom stereocenters. The monoisotopic (exact) mass is 376 g/mol. The van der Waals surface area contributed by atoms with E-state index in [1.54, 1.807) is 28.0 Å². The Morgan fingerprint density at radius 1 is 0.880 bits per heavy atom. The zero-order valence-corrected chi connectivity index (χ0v) is 15.3. The standard InChI is InChI=1S/C19H18Cl2N2O2/c1-13-3-2-4-14(11-13)18(24)22-7-9-23(10-8-22)19(25)16-6-5-15(20)12-17(16)21/h2-6,11-12H,7-10H2,1H3. The highest BCUT2D eigenvalue weighted by Crippen LogP contribution is 2.23. The number of hydrogen-bond donors (Lipinski definition) is 0. The molecule has 0 aliphatic carbocycles. The molecule has 3 rings (SSSR count). The molecule has 2 aromatic rings. The van der Waals surface area contributed by atoms with Crippen LogP contribution in [0.1, 0.15) is 26.3 Å². The third-order valence-corrected chi connectivity index (χ3v) is 4.83. The first-order chi connectivity index (χ1) is 12.0. The largest absolute Gasteiger partial charge is 0.335 e. The van der Waals surface area contributed by atoms with Crippen molar-refractivity contribution in [2.45, 2.75) is 6.92 Å². The van der Waals surface area contributed by atoms with Gasteiger partial charge < -0.3 is 9.80 Å². The van der Waals surface area contributed by atoms with Gasteiger partial charge in [-0.1, -0.05) is 40.9 Å². The first-order valence-corrected chi connectivity index (χ1v) is 8.81. The predicted molar refractivity (Wildman–Crippen MR) is 99.4 cm³/mol. The van der Waals surface area contributed by atoms with Crippen LogP contribution < -0.4 is 0 Å². The Labute approximate surface area is 156 Å². The number of nitrogens with zero attached hydrogens (tertiary/aromatic N) is 2. The van der Waals surface area contributed by atoms with Crippen LogP contribution in [0, 0.1) is 6.92 Å². The minimum absolute atomic E-state index is 0.000300. The summed E-state index contributed by atoms with van der Waals surface area (Å²) in [6.45, 7) is 3.93. The second-order valence-corrected chi connectivity index (χ2v) is 6.92. The number of hydrogen-bond acceptors (Lipinski definition) is 2. The summed E-state index contributed by atoms with van der Waals surface area (Å²) in [5.41, 5.74) is 2.17. The van der Waals surface area contributed by atoms with Crippen LogP contribution in [-0.4, -0.2) is 47.8 Å². The van der Waals surface area contributed by atoms with Crippen molar-refractivity contribution in [1.29, 1.82) is 0 Å². The molecule has 1 aliphatic rings. The van der Waals surface area contributed by atoms with Gasteiger partial charge in [0.2, 0.25) is 0 Å². The number of aryl methyl sites for hydroxylation is 1. The molecule has 0 saturated carbocycles. The zero-order chi connectivity index (χ0) is 18.0. The van der Waals surface area contributed by atoms with Gasteiger partial charge in [-0.15, -0.1) is 0 Å². The molecule has 0 radical (unpaired) electrons. The van der Waals surface area contributed by atoms with Gasteiger partial charge in [-0.25, -0.2) is 0 Å². The van der Waals surface area contributed by atoms with Crippen molar-refractivity contribution in [3.63, 3.8) is 0 Å². The molecule has 1 heterocycles. The highest BCUT2D eigenvalue weighted by atomic mass is 35.5. The summed E-state index contributed by atoms with van der Waals surface area (Å²) in [6, 6.07) is 12.4. The van der Waals surface area contributed by atoms with Crippen LogP contribution in [-0.2, 0) is 0 Å². The molecule has 1 saturated heterocycles. The summed E-state index contributed by atoms with van der Waals surface area (Å²) in [6.07, 6.45) is 0. The zero-order valence-electron chi connectivity index (χ0n) is 13.8. The fourth-order valence-corrected chi connectivity index (χ4v) is 3.40. The summed E-state index contributed by atoms with van der Waals surface area (Å²) < 4.78 is 0. The molecule has 0 bridgehead atoms. The van der Waals surface area contributed by atoms with Gasteiger partial charge in [0.05, 0.1) is 10.6 Å². The van der Waals surface area contributed by atoms with Crippen LogP contribution in [0.15, 0.2) is 42.5 Å². The molecule has 2 aromatic carbocycles. The van der Waals surface area contributed by atoms with E-state index in [-0.39, 0.29) is 11.8 Å². The molecule has 0 atom stereocenters. The van der Waals surface area contributed by atoms with Crippen LogP contribution in [0.25, 0.3) is 0 Å². The van der Waals surface area contributed by atoms with E-state index in [0.29, 0.717) is 47.4 Å². The van der Waals surface area contributed by atoms with Gasteiger partial charge in [-0.3, -0.25) is 9.59 Å². The molecule has 130 valence electrons. The second-order valence-electron chi connectivity index (χ2n) is 6.08. The molecular weight excluding hydrogens is 359 g/mol. The number of piperazine rings is 1. The lowest BCUT2D eigenvalue weighted by Gasteiger charge is -2.35. The molecule has 25 heavy (non-hydrogen) atoms. The van der Waals surface area contributed by atoms with Crippen LogP contribution in [0.3, 0.4) is 0 Å². The maximum absolute atomic E-state index is 12.6. The molecular formula is C19H18Cl2N2O2. The fraction of sp³-hybridized carbons (Fsp3) is 0.263. The van der Waals surface area contributed by atoms with Gasteiger partial charge in [0, 0.05) is 36.8 Å². The third-order valence-electron chi connectivity index (χ3n) is 4.28. The highest BCUT2D eigenvalue weighted by Gasteiger charge is 2.26. The summed E-state index contributed by atoms with van der Waals surface area (Å²) in [4.78, 5) is 28.7. The Morgan fingerprint density at radius 2 is 1.52 bits per heavy atom. The van der Waals surface area contributed by atoms with Crippen molar-refractivity contribution in [3.8, 4) is 0 Å². The predicted octanol–water partition coefficient (Wildman–Crippen LogP) is 3.90. The van der Waals surface area contributed by atoms with Crippen molar-refractivity contribution in [3.05, 3.63) is 69.2 Å². The van der Waals surface area contributed by atoms with E-state index in [4.69, 9.17) is 23.2 Å². The Morgan fingerprint density at radius 3 is 2.12 bits per heavy atom. The first kappa shape index (κ1) is 17.8. The van der Waals surface area contributed by atoms with Crippen LogP contribution >= 0.6 is 23.2 Å². The normalized spacial score (nSPS) is 14.5. The van der Waals surface area contributed by atoms with Gasteiger partial charge in [0.1, 0.15) is 0 Å². The minimum Gasteiger partial charge on any atom is -0.335 e. The summed E-state index contributed by atoms with van der Waals surface area (Å²) in [5, 5.41) is 0.839. The number of carbonyl (C=O) groups excluding carboxylic acids is 2. The molecule has 4 nitrogen and oxygen atoms in total. The summed E-state index contributed by atoms with van der Waals surface area (Å²) >= 11 is 12.0. The summed E-state index contributed by atoms with van der Waals surface area (Å²) in [7, 11) is 0. The van der Waals surface area contributed by atoms with E-state index < -0.39 is 0 Å². The van der Waals surface area contributed by atoms with Gasteiger partial charge in [-0.05, 0) is 37.3 Å². The van der Waals surface area contributed by atoms with Gasteiger partial charge in [0.25, 0.3) is 11.8 Å². The maximum atomic E-state index is 12.6. The van der Waals surface area contributed by atoms with E-state index in [0.717, 1.165) is 5.56 Å². The molecule has 0 aromatic heterocycles. The van der Waals surface area contributed by atoms with Gasteiger partial charge >= 0.3 is 0 Å². The molecule has 0 spiro atoms.